The SMILES string of the molecule is COc1cc(Cl)cc(NC(=O)c2cc3ccccc3c(N=Nc3cc(Cl)c(C)cc3S(=O)(=O)O)c2[O-])c1.[Na+]. The molecule has 9 nitrogen and oxygen atoms in total. The van der Waals surface area contributed by atoms with Crippen LogP contribution >= 0.6 is 23.2 Å². The molecule has 0 spiro atoms. The molecule has 0 aliphatic rings. The van der Waals surface area contributed by atoms with Gasteiger partial charge < -0.3 is 15.2 Å². The van der Waals surface area contributed by atoms with Crippen LogP contribution in [-0.4, -0.2) is 26.0 Å². The first kappa shape index (κ1) is 29.9. The summed E-state index contributed by atoms with van der Waals surface area (Å²) in [5.41, 5.74) is -0.0207. The van der Waals surface area contributed by atoms with Crippen LogP contribution < -0.4 is 44.7 Å². The molecule has 13 heteroatoms. The normalized spacial score (nSPS) is 11.4. The Labute approximate surface area is 250 Å². The van der Waals surface area contributed by atoms with Crippen molar-refractivity contribution in [1.82, 2.24) is 0 Å². The van der Waals surface area contributed by atoms with Gasteiger partial charge in [0.2, 0.25) is 0 Å². The van der Waals surface area contributed by atoms with E-state index in [-0.39, 0.29) is 51.5 Å². The molecule has 1 amide bonds. The second-order valence-corrected chi connectivity index (χ2v) is 10.1. The summed E-state index contributed by atoms with van der Waals surface area (Å²) < 4.78 is 38.5. The minimum absolute atomic E-state index is 0. The minimum Gasteiger partial charge on any atom is -0.870 e. The molecule has 38 heavy (non-hydrogen) atoms. The average Bonchev–Trinajstić information content (AvgIpc) is 2.83. The summed E-state index contributed by atoms with van der Waals surface area (Å²) in [6.07, 6.45) is 0. The van der Waals surface area contributed by atoms with Gasteiger partial charge >= 0.3 is 29.6 Å². The Morgan fingerprint density at radius 2 is 1.76 bits per heavy atom. The van der Waals surface area contributed by atoms with Gasteiger partial charge in [-0.05, 0) is 48.2 Å². The maximum Gasteiger partial charge on any atom is 1.00 e. The molecule has 4 rings (SSSR count). The van der Waals surface area contributed by atoms with Gasteiger partial charge in [0.25, 0.3) is 16.0 Å². The molecule has 0 aliphatic heterocycles. The number of ether oxygens (including phenoxy) is 1. The third-order valence-corrected chi connectivity index (χ3v) is 6.87. The van der Waals surface area contributed by atoms with Crippen molar-refractivity contribution in [3.8, 4) is 11.5 Å². The van der Waals surface area contributed by atoms with Gasteiger partial charge in [-0.2, -0.15) is 13.5 Å². The fourth-order valence-electron chi connectivity index (χ4n) is 3.56. The number of aryl methyl sites for hydroxylation is 1. The van der Waals surface area contributed by atoms with E-state index in [1.165, 1.54) is 31.4 Å². The Kier molecular flexibility index (Phi) is 9.43. The summed E-state index contributed by atoms with van der Waals surface area (Å²) in [7, 11) is -3.22. The third-order valence-electron chi connectivity index (χ3n) is 5.36. The van der Waals surface area contributed by atoms with Gasteiger partial charge in [0, 0.05) is 32.7 Å². The molecule has 0 bridgehead atoms. The van der Waals surface area contributed by atoms with E-state index in [0.29, 0.717) is 32.8 Å². The van der Waals surface area contributed by atoms with Crippen molar-refractivity contribution in [2.75, 3.05) is 12.4 Å². The summed E-state index contributed by atoms with van der Waals surface area (Å²) in [6.45, 7) is 1.55. The van der Waals surface area contributed by atoms with Crippen LogP contribution in [0.15, 0.2) is 75.8 Å². The van der Waals surface area contributed by atoms with Crippen LogP contribution in [0, 0.1) is 6.92 Å². The van der Waals surface area contributed by atoms with Gasteiger partial charge in [0.15, 0.2) is 0 Å². The largest absolute Gasteiger partial charge is 1.00 e. The number of amides is 1. The number of nitrogens with one attached hydrogen (secondary N) is 1. The predicted octanol–water partition coefficient (Wildman–Crippen LogP) is 3.46. The van der Waals surface area contributed by atoms with E-state index in [4.69, 9.17) is 27.9 Å². The van der Waals surface area contributed by atoms with E-state index >= 15 is 0 Å². The van der Waals surface area contributed by atoms with Gasteiger partial charge in [-0.1, -0.05) is 53.2 Å². The van der Waals surface area contributed by atoms with E-state index in [1.807, 2.05) is 0 Å². The molecular formula is C25H18Cl2N3NaO6S. The molecule has 0 unspecified atom stereocenters. The molecule has 4 aromatic rings. The molecule has 0 atom stereocenters. The van der Waals surface area contributed by atoms with Crippen LogP contribution in [-0.2, 0) is 10.1 Å². The number of fused-ring (bicyclic) bond motifs is 1. The van der Waals surface area contributed by atoms with E-state index in [0.717, 1.165) is 6.07 Å². The number of halogens is 2. The fourth-order valence-corrected chi connectivity index (χ4v) is 4.63. The first-order valence-electron chi connectivity index (χ1n) is 10.6. The number of nitrogens with zero attached hydrogens (tertiary/aromatic N) is 2. The van der Waals surface area contributed by atoms with Gasteiger partial charge in [0.05, 0.1) is 12.8 Å². The van der Waals surface area contributed by atoms with Gasteiger partial charge in [-0.15, -0.1) is 5.11 Å². The number of benzene rings is 4. The summed E-state index contributed by atoms with van der Waals surface area (Å²) in [5.74, 6) is -1.07. The Balaban J connectivity index is 0.00000400. The number of anilines is 1. The van der Waals surface area contributed by atoms with Crippen LogP contribution in [0.25, 0.3) is 10.8 Å². The number of rotatable bonds is 6. The topological polar surface area (TPSA) is 140 Å². The van der Waals surface area contributed by atoms with E-state index in [2.05, 4.69) is 15.5 Å². The molecule has 0 radical (unpaired) electrons. The standard InChI is InChI=1S/C25H19Cl2N3O6S.Na/c1-13-7-22(37(33,34)35)21(12-20(13)27)29-30-23-18-6-4-3-5-14(18)8-19(24(23)31)25(32)28-16-9-15(26)10-17(11-16)36-2;/h3-12,31H,1-2H3,(H,28,32)(H,33,34,35);/q;+1/p-1. The minimum atomic E-state index is -4.67. The third kappa shape index (κ3) is 6.47. The van der Waals surface area contributed by atoms with Crippen LogP contribution in [0.1, 0.15) is 15.9 Å². The maximum atomic E-state index is 13.4. The molecule has 0 aliphatic carbocycles. The molecule has 0 fully saturated rings. The number of methoxy groups -OCH3 is 1. The predicted molar refractivity (Wildman–Crippen MR) is 140 cm³/mol. The Hall–Kier alpha value is -2.70. The molecular weight excluding hydrogens is 564 g/mol. The van der Waals surface area contributed by atoms with Crippen LogP contribution in [0.3, 0.4) is 0 Å². The molecule has 0 heterocycles. The fraction of sp³-hybridized carbons (Fsp3) is 0.0800. The number of carbonyl (C=O) groups is 1. The summed E-state index contributed by atoms with van der Waals surface area (Å²) in [4.78, 5) is 12.6. The monoisotopic (exact) mass is 581 g/mol. The van der Waals surface area contributed by atoms with Crippen LogP contribution in [0.5, 0.6) is 11.5 Å². The Bertz CT molecular complexity index is 1700. The molecule has 0 saturated carbocycles. The summed E-state index contributed by atoms with van der Waals surface area (Å²) in [6, 6.07) is 15.0. The summed E-state index contributed by atoms with van der Waals surface area (Å²) in [5, 5.41) is 25.3. The number of azo groups is 1. The van der Waals surface area contributed by atoms with Crippen molar-refractivity contribution in [2.45, 2.75) is 11.8 Å². The van der Waals surface area contributed by atoms with E-state index < -0.39 is 26.7 Å². The molecule has 4 aromatic carbocycles. The second-order valence-electron chi connectivity index (χ2n) is 7.90. The van der Waals surface area contributed by atoms with E-state index in [9.17, 15) is 22.9 Å². The van der Waals surface area contributed by atoms with Crippen molar-refractivity contribution < 1.29 is 57.2 Å². The van der Waals surface area contributed by atoms with Crippen molar-refractivity contribution in [2.24, 2.45) is 10.2 Å². The maximum absolute atomic E-state index is 13.4. The summed E-state index contributed by atoms with van der Waals surface area (Å²) >= 11 is 12.2. The smallest absolute Gasteiger partial charge is 0.870 e. The quantitative estimate of drug-likeness (QED) is 0.203. The Morgan fingerprint density at radius 3 is 2.45 bits per heavy atom. The zero-order chi connectivity index (χ0) is 26.9. The second kappa shape index (κ2) is 12.0. The average molecular weight is 582 g/mol. The van der Waals surface area contributed by atoms with Gasteiger partial charge in [-0.3, -0.25) is 9.35 Å². The zero-order valence-electron chi connectivity index (χ0n) is 20.3. The van der Waals surface area contributed by atoms with Crippen LogP contribution in [0.2, 0.25) is 10.0 Å². The van der Waals surface area contributed by atoms with Gasteiger partial charge in [-0.25, -0.2) is 0 Å². The molecule has 2 N–H and O–H groups in total. The van der Waals surface area contributed by atoms with Crippen molar-refractivity contribution >= 4 is 67.1 Å². The van der Waals surface area contributed by atoms with Crippen molar-refractivity contribution in [1.29, 1.82) is 0 Å². The first-order valence-corrected chi connectivity index (χ1v) is 12.8. The zero-order valence-corrected chi connectivity index (χ0v) is 24.6. The van der Waals surface area contributed by atoms with Gasteiger partial charge in [0.1, 0.15) is 16.3 Å². The molecule has 190 valence electrons. The van der Waals surface area contributed by atoms with Crippen LogP contribution in [0.4, 0.5) is 17.1 Å². The number of carbonyl (C=O) groups excluding carboxylic acids is 1. The molecule has 0 saturated heterocycles. The molecule has 0 aromatic heterocycles. The van der Waals surface area contributed by atoms with E-state index in [1.54, 1.807) is 37.3 Å². The number of hydrogen-bond donors (Lipinski definition) is 2. The van der Waals surface area contributed by atoms with Crippen molar-refractivity contribution in [3.63, 3.8) is 0 Å². The Morgan fingerprint density at radius 1 is 1.05 bits per heavy atom. The first-order chi connectivity index (χ1) is 17.5. The number of hydrogen-bond acceptors (Lipinski definition) is 7. The van der Waals surface area contributed by atoms with Crippen molar-refractivity contribution in [3.05, 3.63) is 81.8 Å².